The Kier molecular flexibility index (Phi) is 2.76. The third kappa shape index (κ3) is 1.97. The molecule has 94 valence electrons. The van der Waals surface area contributed by atoms with Crippen molar-refractivity contribution in [2.24, 2.45) is 0 Å². The van der Waals surface area contributed by atoms with E-state index in [2.05, 4.69) is 10.1 Å². The van der Waals surface area contributed by atoms with E-state index in [0.717, 1.165) is 18.6 Å². The second kappa shape index (κ2) is 4.42. The van der Waals surface area contributed by atoms with E-state index < -0.39 is 0 Å². The maximum Gasteiger partial charge on any atom is 0.261 e. The lowest BCUT2D eigenvalue weighted by atomic mass is 10.1. The van der Waals surface area contributed by atoms with Crippen LogP contribution in [0.25, 0.3) is 11.5 Å². The molecule has 5 heteroatoms. The van der Waals surface area contributed by atoms with Gasteiger partial charge in [0.1, 0.15) is 5.75 Å². The molecule has 1 saturated heterocycles. The quantitative estimate of drug-likeness (QED) is 0.880. The molecule has 1 aromatic carbocycles. The SMILES string of the molecule is Cc1ccc(O)c(-c2nc([C@H]3CCOC3)no2)c1. The molecule has 2 aromatic rings. The van der Waals surface area contributed by atoms with Crippen LogP contribution in [0.1, 0.15) is 23.7 Å². The second-order valence-corrected chi connectivity index (χ2v) is 4.54. The van der Waals surface area contributed by atoms with Gasteiger partial charge in [0.15, 0.2) is 5.82 Å². The molecule has 0 aliphatic carbocycles. The van der Waals surface area contributed by atoms with Gasteiger partial charge in [0, 0.05) is 12.5 Å². The Morgan fingerprint density at radius 1 is 1.39 bits per heavy atom. The molecule has 0 radical (unpaired) electrons. The normalized spacial score (nSPS) is 19.3. The molecule has 0 amide bonds. The summed E-state index contributed by atoms with van der Waals surface area (Å²) in [6.07, 6.45) is 0.915. The van der Waals surface area contributed by atoms with Crippen LogP contribution < -0.4 is 0 Å². The summed E-state index contributed by atoms with van der Waals surface area (Å²) in [6, 6.07) is 5.30. The summed E-state index contributed by atoms with van der Waals surface area (Å²) in [5.74, 6) is 1.37. The summed E-state index contributed by atoms with van der Waals surface area (Å²) in [6.45, 7) is 3.33. The van der Waals surface area contributed by atoms with Gasteiger partial charge in [-0.3, -0.25) is 0 Å². The predicted octanol–water partition coefficient (Wildman–Crippen LogP) is 2.25. The van der Waals surface area contributed by atoms with Crippen molar-refractivity contribution in [3.63, 3.8) is 0 Å². The Hall–Kier alpha value is -1.88. The number of rotatable bonds is 2. The highest BCUT2D eigenvalue weighted by Gasteiger charge is 2.24. The number of hydrogen-bond acceptors (Lipinski definition) is 5. The van der Waals surface area contributed by atoms with E-state index in [1.54, 1.807) is 6.07 Å². The fourth-order valence-electron chi connectivity index (χ4n) is 2.07. The van der Waals surface area contributed by atoms with Crippen LogP contribution in [-0.2, 0) is 4.74 Å². The third-order valence-electron chi connectivity index (χ3n) is 3.12. The smallest absolute Gasteiger partial charge is 0.261 e. The van der Waals surface area contributed by atoms with E-state index in [-0.39, 0.29) is 11.7 Å². The van der Waals surface area contributed by atoms with Crippen molar-refractivity contribution in [2.75, 3.05) is 13.2 Å². The molecule has 0 bridgehead atoms. The molecule has 0 spiro atoms. The molecule has 18 heavy (non-hydrogen) atoms. The summed E-state index contributed by atoms with van der Waals surface area (Å²) in [7, 11) is 0. The van der Waals surface area contributed by atoms with E-state index in [1.165, 1.54) is 0 Å². The summed E-state index contributed by atoms with van der Waals surface area (Å²) >= 11 is 0. The summed E-state index contributed by atoms with van der Waals surface area (Å²) in [4.78, 5) is 4.35. The second-order valence-electron chi connectivity index (χ2n) is 4.54. The molecule has 1 atom stereocenters. The minimum atomic E-state index is 0.151. The number of ether oxygens (including phenoxy) is 1. The van der Waals surface area contributed by atoms with Crippen molar-refractivity contribution >= 4 is 0 Å². The Labute approximate surface area is 104 Å². The van der Waals surface area contributed by atoms with Crippen molar-refractivity contribution in [1.82, 2.24) is 10.1 Å². The highest BCUT2D eigenvalue weighted by molar-refractivity contribution is 5.63. The van der Waals surface area contributed by atoms with Gasteiger partial charge in [-0.05, 0) is 25.5 Å². The van der Waals surface area contributed by atoms with Crippen molar-refractivity contribution in [3.8, 4) is 17.2 Å². The first-order valence-electron chi connectivity index (χ1n) is 5.95. The minimum Gasteiger partial charge on any atom is -0.507 e. The van der Waals surface area contributed by atoms with Crippen molar-refractivity contribution in [2.45, 2.75) is 19.3 Å². The highest BCUT2D eigenvalue weighted by Crippen LogP contribution is 2.30. The average Bonchev–Trinajstić information content (AvgIpc) is 3.00. The van der Waals surface area contributed by atoms with E-state index in [4.69, 9.17) is 9.26 Å². The maximum absolute atomic E-state index is 9.81. The van der Waals surface area contributed by atoms with Crippen LogP contribution in [0.15, 0.2) is 22.7 Å². The van der Waals surface area contributed by atoms with E-state index in [9.17, 15) is 5.11 Å². The largest absolute Gasteiger partial charge is 0.507 e. The number of nitrogens with zero attached hydrogens (tertiary/aromatic N) is 2. The Bertz CT molecular complexity index is 559. The molecule has 0 saturated carbocycles. The zero-order valence-electron chi connectivity index (χ0n) is 10.1. The maximum atomic E-state index is 9.81. The van der Waals surface area contributed by atoms with Crippen LogP contribution in [0.4, 0.5) is 0 Å². The zero-order chi connectivity index (χ0) is 12.5. The van der Waals surface area contributed by atoms with Gasteiger partial charge in [0.25, 0.3) is 5.89 Å². The first-order valence-corrected chi connectivity index (χ1v) is 5.95. The Morgan fingerprint density at radius 3 is 3.06 bits per heavy atom. The molecule has 2 heterocycles. The lowest BCUT2D eigenvalue weighted by Crippen LogP contribution is -1.99. The predicted molar refractivity (Wildman–Crippen MR) is 64.3 cm³/mol. The number of hydrogen-bond donors (Lipinski definition) is 1. The monoisotopic (exact) mass is 246 g/mol. The molecule has 1 N–H and O–H groups in total. The minimum absolute atomic E-state index is 0.151. The summed E-state index contributed by atoms with van der Waals surface area (Å²) in [5, 5.41) is 13.8. The molecule has 1 fully saturated rings. The van der Waals surface area contributed by atoms with Gasteiger partial charge >= 0.3 is 0 Å². The van der Waals surface area contributed by atoms with E-state index in [1.807, 2.05) is 19.1 Å². The van der Waals surface area contributed by atoms with Gasteiger partial charge in [-0.15, -0.1) is 0 Å². The molecule has 5 nitrogen and oxygen atoms in total. The Balaban J connectivity index is 1.94. The van der Waals surface area contributed by atoms with Crippen LogP contribution in [0.2, 0.25) is 0 Å². The van der Waals surface area contributed by atoms with E-state index >= 15 is 0 Å². The van der Waals surface area contributed by atoms with Gasteiger partial charge in [0.2, 0.25) is 0 Å². The Morgan fingerprint density at radius 2 is 2.28 bits per heavy atom. The summed E-state index contributed by atoms with van der Waals surface area (Å²) in [5.41, 5.74) is 1.61. The molecule has 3 rings (SSSR count). The van der Waals surface area contributed by atoms with Crippen LogP contribution >= 0.6 is 0 Å². The zero-order valence-corrected chi connectivity index (χ0v) is 10.1. The van der Waals surface area contributed by atoms with Crippen molar-refractivity contribution in [1.29, 1.82) is 0 Å². The lowest BCUT2D eigenvalue weighted by molar-refractivity contribution is 0.192. The number of aromatic nitrogens is 2. The van der Waals surface area contributed by atoms with Crippen LogP contribution in [0.3, 0.4) is 0 Å². The highest BCUT2D eigenvalue weighted by atomic mass is 16.5. The summed E-state index contributed by atoms with van der Waals surface area (Å²) < 4.78 is 10.5. The van der Waals surface area contributed by atoms with Gasteiger partial charge < -0.3 is 14.4 Å². The van der Waals surface area contributed by atoms with Crippen molar-refractivity contribution < 1.29 is 14.4 Å². The van der Waals surface area contributed by atoms with Gasteiger partial charge in [-0.2, -0.15) is 4.98 Å². The first kappa shape index (κ1) is 11.2. The van der Waals surface area contributed by atoms with Crippen LogP contribution in [0, 0.1) is 6.92 Å². The molecule has 1 aliphatic rings. The average molecular weight is 246 g/mol. The van der Waals surface area contributed by atoms with Crippen molar-refractivity contribution in [3.05, 3.63) is 29.6 Å². The number of phenolic OH excluding ortho intramolecular Hbond substituents is 1. The fourth-order valence-corrected chi connectivity index (χ4v) is 2.07. The number of benzene rings is 1. The topological polar surface area (TPSA) is 68.4 Å². The van der Waals surface area contributed by atoms with Gasteiger partial charge in [0.05, 0.1) is 12.2 Å². The first-order chi connectivity index (χ1) is 8.74. The van der Waals surface area contributed by atoms with Gasteiger partial charge in [-0.25, -0.2) is 0 Å². The van der Waals surface area contributed by atoms with Crippen LogP contribution in [0.5, 0.6) is 5.75 Å². The standard InChI is InChI=1S/C13H14N2O3/c1-8-2-3-11(16)10(6-8)13-14-12(15-18-13)9-4-5-17-7-9/h2-3,6,9,16H,4-5,7H2,1H3/t9-/m0/s1. The third-order valence-corrected chi connectivity index (χ3v) is 3.12. The number of aromatic hydroxyl groups is 1. The van der Waals surface area contributed by atoms with Crippen LogP contribution in [-0.4, -0.2) is 28.5 Å². The molecular weight excluding hydrogens is 232 g/mol. The number of phenols is 1. The van der Waals surface area contributed by atoms with E-state index in [0.29, 0.717) is 23.9 Å². The fraction of sp³-hybridized carbons (Fsp3) is 0.385. The number of aryl methyl sites for hydroxylation is 1. The molecule has 1 aromatic heterocycles. The lowest BCUT2D eigenvalue weighted by Gasteiger charge is -2.00. The molecule has 1 aliphatic heterocycles. The van der Waals surface area contributed by atoms with Gasteiger partial charge in [-0.1, -0.05) is 16.8 Å². The molecular formula is C13H14N2O3. The molecule has 0 unspecified atom stereocenters.